The van der Waals surface area contributed by atoms with Gasteiger partial charge in [0.05, 0.1) is 32.1 Å². The van der Waals surface area contributed by atoms with E-state index >= 15 is 0 Å². The van der Waals surface area contributed by atoms with Crippen molar-refractivity contribution in [3.63, 3.8) is 0 Å². The third kappa shape index (κ3) is 4.60. The Morgan fingerprint density at radius 1 is 1.04 bits per heavy atom. The molecule has 1 aromatic heterocycles. The van der Waals surface area contributed by atoms with Crippen LogP contribution in [0.3, 0.4) is 0 Å². The summed E-state index contributed by atoms with van der Waals surface area (Å²) in [6.07, 6.45) is 3.17. The van der Waals surface area contributed by atoms with Crippen LogP contribution in [0, 0.1) is 0 Å². The summed E-state index contributed by atoms with van der Waals surface area (Å²) in [6.45, 7) is 1.21. The zero-order chi connectivity index (χ0) is 17.4. The van der Waals surface area contributed by atoms with Gasteiger partial charge >= 0.3 is 0 Å². The number of hydrogen-bond acceptors (Lipinski definition) is 6. The molecule has 7 heteroatoms. The molecule has 0 saturated carbocycles. The molecule has 24 heavy (non-hydrogen) atoms. The van der Waals surface area contributed by atoms with Crippen LogP contribution in [0.25, 0.3) is 0 Å². The van der Waals surface area contributed by atoms with Crippen LogP contribution in [0.1, 0.15) is 10.4 Å². The van der Waals surface area contributed by atoms with Gasteiger partial charge in [-0.05, 0) is 18.2 Å². The molecule has 1 heterocycles. The van der Waals surface area contributed by atoms with Gasteiger partial charge in [-0.25, -0.2) is 0 Å². The van der Waals surface area contributed by atoms with Crippen molar-refractivity contribution in [1.82, 2.24) is 4.98 Å². The largest absolute Gasteiger partial charge is 0.493 e. The lowest BCUT2D eigenvalue weighted by Gasteiger charge is -2.11. The summed E-state index contributed by atoms with van der Waals surface area (Å²) in [4.78, 5) is 16.5. The molecule has 1 aromatic carbocycles. The molecular formula is C17H21N3O4. The van der Waals surface area contributed by atoms with Gasteiger partial charge in [-0.2, -0.15) is 0 Å². The highest BCUT2D eigenvalue weighted by molar-refractivity contribution is 6.04. The number of amides is 1. The molecule has 2 aromatic rings. The van der Waals surface area contributed by atoms with Gasteiger partial charge < -0.3 is 24.8 Å². The molecule has 0 aliphatic heterocycles. The average molecular weight is 331 g/mol. The maximum atomic E-state index is 12.4. The molecule has 1 amide bonds. The Hall–Kier alpha value is -2.80. The van der Waals surface area contributed by atoms with Gasteiger partial charge in [0.15, 0.2) is 11.5 Å². The minimum atomic E-state index is -0.259. The Balaban J connectivity index is 2.08. The summed E-state index contributed by atoms with van der Waals surface area (Å²) >= 11 is 0. The van der Waals surface area contributed by atoms with Crippen LogP contribution in [-0.4, -0.2) is 45.4 Å². The molecule has 0 unspecified atom stereocenters. The van der Waals surface area contributed by atoms with E-state index in [0.717, 1.165) is 5.69 Å². The number of aromatic nitrogens is 1. The van der Waals surface area contributed by atoms with Crippen LogP contribution in [0.15, 0.2) is 36.7 Å². The topological polar surface area (TPSA) is 81.7 Å². The van der Waals surface area contributed by atoms with Crippen LogP contribution in [0.4, 0.5) is 11.4 Å². The van der Waals surface area contributed by atoms with Gasteiger partial charge in [-0.15, -0.1) is 0 Å². The van der Waals surface area contributed by atoms with Gasteiger partial charge in [0.2, 0.25) is 0 Å². The van der Waals surface area contributed by atoms with E-state index in [1.54, 1.807) is 51.8 Å². The Morgan fingerprint density at radius 3 is 2.54 bits per heavy atom. The van der Waals surface area contributed by atoms with Crippen molar-refractivity contribution < 1.29 is 19.0 Å². The van der Waals surface area contributed by atoms with Crippen molar-refractivity contribution in [2.75, 3.05) is 45.1 Å². The maximum absolute atomic E-state index is 12.4. The van der Waals surface area contributed by atoms with Crippen LogP contribution in [-0.2, 0) is 4.74 Å². The molecule has 0 fully saturated rings. The molecule has 0 saturated heterocycles. The number of carbonyl (C=O) groups is 1. The first-order valence-electron chi connectivity index (χ1n) is 7.39. The summed E-state index contributed by atoms with van der Waals surface area (Å²) in [6, 6.07) is 6.91. The van der Waals surface area contributed by atoms with Gasteiger partial charge in [0.1, 0.15) is 0 Å². The zero-order valence-corrected chi connectivity index (χ0v) is 14.0. The van der Waals surface area contributed by atoms with Crippen molar-refractivity contribution >= 4 is 17.3 Å². The number of methoxy groups -OCH3 is 3. The van der Waals surface area contributed by atoms with Gasteiger partial charge in [0, 0.05) is 37.8 Å². The quantitative estimate of drug-likeness (QED) is 0.723. The van der Waals surface area contributed by atoms with E-state index in [1.165, 1.54) is 6.20 Å². The van der Waals surface area contributed by atoms with E-state index in [1.807, 2.05) is 0 Å². The minimum Gasteiger partial charge on any atom is -0.493 e. The van der Waals surface area contributed by atoms with Crippen molar-refractivity contribution in [2.45, 2.75) is 0 Å². The summed E-state index contributed by atoms with van der Waals surface area (Å²) < 4.78 is 15.4. The lowest BCUT2D eigenvalue weighted by molar-refractivity contribution is 0.102. The van der Waals surface area contributed by atoms with Crippen LogP contribution < -0.4 is 20.1 Å². The summed E-state index contributed by atoms with van der Waals surface area (Å²) in [5, 5.41) is 5.95. The molecule has 7 nitrogen and oxygen atoms in total. The lowest BCUT2D eigenvalue weighted by atomic mass is 10.2. The molecule has 128 valence electrons. The van der Waals surface area contributed by atoms with Gasteiger partial charge in [-0.3, -0.25) is 9.78 Å². The fourth-order valence-electron chi connectivity index (χ4n) is 2.08. The monoisotopic (exact) mass is 331 g/mol. The van der Waals surface area contributed by atoms with Gasteiger partial charge in [-0.1, -0.05) is 0 Å². The third-order valence-corrected chi connectivity index (χ3v) is 3.28. The molecule has 0 spiro atoms. The molecule has 0 aliphatic rings. The second kappa shape index (κ2) is 8.73. The number of nitrogens with one attached hydrogen (secondary N) is 2. The zero-order valence-electron chi connectivity index (χ0n) is 14.0. The van der Waals surface area contributed by atoms with E-state index in [-0.39, 0.29) is 5.91 Å². The molecule has 2 N–H and O–H groups in total. The fourth-order valence-corrected chi connectivity index (χ4v) is 2.08. The lowest BCUT2D eigenvalue weighted by Crippen LogP contribution is -2.13. The second-order valence-corrected chi connectivity index (χ2v) is 4.91. The van der Waals surface area contributed by atoms with Crippen LogP contribution in [0.2, 0.25) is 0 Å². The molecular weight excluding hydrogens is 310 g/mol. The number of carbonyl (C=O) groups excluding carboxylic acids is 1. The van der Waals surface area contributed by atoms with Crippen LogP contribution >= 0.6 is 0 Å². The van der Waals surface area contributed by atoms with E-state index in [0.29, 0.717) is 35.9 Å². The SMILES string of the molecule is COCCNc1cncc(C(=O)Nc2ccc(OC)c(OC)c2)c1. The Labute approximate surface area is 140 Å². The predicted octanol–water partition coefficient (Wildman–Crippen LogP) is 2.41. The standard InChI is InChI=1S/C17H21N3O4/c1-22-7-6-19-14-8-12(10-18-11-14)17(21)20-13-4-5-15(23-2)16(9-13)24-3/h4-5,8-11,19H,6-7H2,1-3H3,(H,20,21). The van der Waals surface area contributed by atoms with Crippen LogP contribution in [0.5, 0.6) is 11.5 Å². The smallest absolute Gasteiger partial charge is 0.257 e. The van der Waals surface area contributed by atoms with Crippen molar-refractivity contribution in [2.24, 2.45) is 0 Å². The molecule has 0 bridgehead atoms. The first kappa shape index (κ1) is 17.6. The third-order valence-electron chi connectivity index (χ3n) is 3.28. The summed E-state index contributed by atoms with van der Waals surface area (Å²) in [7, 11) is 4.74. The molecule has 0 atom stereocenters. The highest BCUT2D eigenvalue weighted by Crippen LogP contribution is 2.29. The predicted molar refractivity (Wildman–Crippen MR) is 92.1 cm³/mol. The molecule has 0 aliphatic carbocycles. The summed E-state index contributed by atoms with van der Waals surface area (Å²) in [5.74, 6) is 0.884. The second-order valence-electron chi connectivity index (χ2n) is 4.91. The van der Waals surface area contributed by atoms with Crippen molar-refractivity contribution in [3.05, 3.63) is 42.2 Å². The fraction of sp³-hybridized carbons (Fsp3) is 0.294. The number of pyridine rings is 1. The van der Waals surface area contributed by atoms with Crippen molar-refractivity contribution in [3.8, 4) is 11.5 Å². The molecule has 0 radical (unpaired) electrons. The number of ether oxygens (including phenoxy) is 3. The number of anilines is 2. The maximum Gasteiger partial charge on any atom is 0.257 e. The molecule has 2 rings (SSSR count). The van der Waals surface area contributed by atoms with Crippen molar-refractivity contribution in [1.29, 1.82) is 0 Å². The number of nitrogens with zero attached hydrogens (tertiary/aromatic N) is 1. The minimum absolute atomic E-state index is 0.259. The van der Waals surface area contributed by atoms with Gasteiger partial charge in [0.25, 0.3) is 5.91 Å². The number of rotatable bonds is 8. The highest BCUT2D eigenvalue weighted by Gasteiger charge is 2.10. The summed E-state index contributed by atoms with van der Waals surface area (Å²) in [5.41, 5.74) is 1.81. The average Bonchev–Trinajstić information content (AvgIpc) is 2.62. The first-order valence-corrected chi connectivity index (χ1v) is 7.39. The van der Waals surface area contributed by atoms with E-state index in [4.69, 9.17) is 14.2 Å². The number of benzene rings is 1. The Kier molecular flexibility index (Phi) is 6.39. The normalized spacial score (nSPS) is 10.1. The van der Waals surface area contributed by atoms with E-state index in [2.05, 4.69) is 15.6 Å². The van der Waals surface area contributed by atoms with E-state index < -0.39 is 0 Å². The Bertz CT molecular complexity index is 691. The Morgan fingerprint density at radius 2 is 1.83 bits per heavy atom. The first-order chi connectivity index (χ1) is 11.7. The highest BCUT2D eigenvalue weighted by atomic mass is 16.5. The van der Waals surface area contributed by atoms with E-state index in [9.17, 15) is 4.79 Å². The number of hydrogen-bond donors (Lipinski definition) is 2.